The van der Waals surface area contributed by atoms with Crippen molar-refractivity contribution < 1.29 is 9.53 Å². The number of rotatable bonds is 5. The van der Waals surface area contributed by atoms with Gasteiger partial charge in [0.15, 0.2) is 6.61 Å². The monoisotopic (exact) mass is 394 g/mol. The standard InChI is InChI=1S/C23H23ClN2O2/c1-2-16-3-6-19(7-4-16)28-15-23(27)26-11-9-17(10-12-26)21-14-25-22-8-5-18(24)13-20(21)22/h3-9,13-14,25H,2,10-12,15H2,1H3. The lowest BCUT2D eigenvalue weighted by molar-refractivity contribution is -0.132. The van der Waals surface area contributed by atoms with Gasteiger partial charge in [0.05, 0.1) is 0 Å². The van der Waals surface area contributed by atoms with E-state index in [0.29, 0.717) is 13.1 Å². The van der Waals surface area contributed by atoms with Crippen LogP contribution in [0.15, 0.2) is 54.7 Å². The van der Waals surface area contributed by atoms with E-state index in [-0.39, 0.29) is 12.5 Å². The maximum atomic E-state index is 12.5. The highest BCUT2D eigenvalue weighted by Crippen LogP contribution is 2.31. The number of aryl methyl sites for hydroxylation is 1. The largest absolute Gasteiger partial charge is 0.484 e. The van der Waals surface area contributed by atoms with Crippen molar-refractivity contribution in [3.05, 3.63) is 70.9 Å². The molecule has 0 fully saturated rings. The third-order valence-corrected chi connectivity index (χ3v) is 5.48. The van der Waals surface area contributed by atoms with E-state index in [2.05, 4.69) is 18.0 Å². The lowest BCUT2D eigenvalue weighted by Gasteiger charge is -2.26. The van der Waals surface area contributed by atoms with Crippen molar-refractivity contribution in [3.63, 3.8) is 0 Å². The Labute approximate surface area is 169 Å². The fourth-order valence-electron chi connectivity index (χ4n) is 3.56. The predicted octanol–water partition coefficient (Wildman–Crippen LogP) is 5.08. The molecule has 5 heteroatoms. The predicted molar refractivity (Wildman–Crippen MR) is 114 cm³/mol. The van der Waals surface area contributed by atoms with Crippen LogP contribution in [-0.2, 0) is 11.2 Å². The number of H-pyrrole nitrogens is 1. The van der Waals surface area contributed by atoms with Crippen molar-refractivity contribution in [1.29, 1.82) is 0 Å². The number of aromatic nitrogens is 1. The quantitative estimate of drug-likeness (QED) is 0.656. The summed E-state index contributed by atoms with van der Waals surface area (Å²) in [6, 6.07) is 13.8. The lowest BCUT2D eigenvalue weighted by atomic mass is 9.99. The van der Waals surface area contributed by atoms with Crippen LogP contribution in [0.3, 0.4) is 0 Å². The van der Waals surface area contributed by atoms with Crippen molar-refractivity contribution in [2.75, 3.05) is 19.7 Å². The first-order valence-electron chi connectivity index (χ1n) is 9.59. The highest BCUT2D eigenvalue weighted by atomic mass is 35.5. The number of nitrogens with one attached hydrogen (secondary N) is 1. The highest BCUT2D eigenvalue weighted by Gasteiger charge is 2.20. The molecule has 2 heterocycles. The summed E-state index contributed by atoms with van der Waals surface area (Å²) in [4.78, 5) is 17.6. The number of amides is 1. The van der Waals surface area contributed by atoms with Crippen molar-refractivity contribution >= 4 is 34.0 Å². The van der Waals surface area contributed by atoms with Gasteiger partial charge in [0, 0.05) is 40.8 Å². The minimum Gasteiger partial charge on any atom is -0.484 e. The Balaban J connectivity index is 1.38. The van der Waals surface area contributed by atoms with Crippen LogP contribution in [0.1, 0.15) is 24.5 Å². The van der Waals surface area contributed by atoms with Gasteiger partial charge in [0.25, 0.3) is 5.91 Å². The molecule has 0 unspecified atom stereocenters. The molecule has 28 heavy (non-hydrogen) atoms. The molecular weight excluding hydrogens is 372 g/mol. The van der Waals surface area contributed by atoms with Crippen molar-refractivity contribution in [2.45, 2.75) is 19.8 Å². The van der Waals surface area contributed by atoms with Crippen LogP contribution >= 0.6 is 11.6 Å². The van der Waals surface area contributed by atoms with Crippen molar-refractivity contribution in [2.24, 2.45) is 0 Å². The molecule has 1 aliphatic heterocycles. The van der Waals surface area contributed by atoms with Crippen LogP contribution in [0, 0.1) is 0 Å². The summed E-state index contributed by atoms with van der Waals surface area (Å²) in [5.41, 5.74) is 4.73. The number of hydrogen-bond donors (Lipinski definition) is 1. The van der Waals surface area contributed by atoms with E-state index < -0.39 is 0 Å². The Bertz CT molecular complexity index is 1020. The van der Waals surface area contributed by atoms with Gasteiger partial charge in [-0.05, 0) is 54.3 Å². The minimum absolute atomic E-state index is 0.0110. The summed E-state index contributed by atoms with van der Waals surface area (Å²) in [5, 5.41) is 1.85. The van der Waals surface area contributed by atoms with Crippen LogP contribution in [-0.4, -0.2) is 35.5 Å². The van der Waals surface area contributed by atoms with Gasteiger partial charge in [0.2, 0.25) is 0 Å². The van der Waals surface area contributed by atoms with E-state index in [4.69, 9.17) is 16.3 Å². The maximum absolute atomic E-state index is 12.5. The zero-order valence-electron chi connectivity index (χ0n) is 15.9. The maximum Gasteiger partial charge on any atom is 0.260 e. The second-order valence-electron chi connectivity index (χ2n) is 7.00. The average molecular weight is 395 g/mol. The zero-order valence-corrected chi connectivity index (χ0v) is 16.6. The molecule has 4 nitrogen and oxygen atoms in total. The number of benzene rings is 2. The van der Waals surface area contributed by atoms with E-state index in [1.807, 2.05) is 53.6 Å². The Kier molecular flexibility index (Phi) is 5.40. The van der Waals surface area contributed by atoms with Gasteiger partial charge in [-0.3, -0.25) is 4.79 Å². The Morgan fingerprint density at radius 3 is 2.75 bits per heavy atom. The second kappa shape index (κ2) is 8.11. The molecule has 0 aliphatic carbocycles. The van der Waals surface area contributed by atoms with Gasteiger partial charge < -0.3 is 14.6 Å². The Morgan fingerprint density at radius 2 is 2.04 bits per heavy atom. The SMILES string of the molecule is CCc1ccc(OCC(=O)N2CC=C(c3c[nH]c4ccc(Cl)cc34)CC2)cc1. The molecule has 0 radical (unpaired) electrons. The first-order valence-corrected chi connectivity index (χ1v) is 9.97. The van der Waals surface area contributed by atoms with Crippen molar-refractivity contribution in [1.82, 2.24) is 9.88 Å². The molecule has 4 rings (SSSR count). The van der Waals surface area contributed by atoms with Gasteiger partial charge in [0.1, 0.15) is 5.75 Å². The summed E-state index contributed by atoms with van der Waals surface area (Å²) in [6.07, 6.45) is 5.95. The molecule has 2 aromatic carbocycles. The molecule has 1 amide bonds. The van der Waals surface area contributed by atoms with Crippen LogP contribution in [0.25, 0.3) is 16.5 Å². The van der Waals surface area contributed by atoms with Crippen LogP contribution < -0.4 is 4.74 Å². The van der Waals surface area contributed by atoms with Gasteiger partial charge in [-0.1, -0.05) is 36.7 Å². The molecule has 0 atom stereocenters. The van der Waals surface area contributed by atoms with Crippen LogP contribution in [0.2, 0.25) is 5.02 Å². The van der Waals surface area contributed by atoms with E-state index >= 15 is 0 Å². The summed E-state index contributed by atoms with van der Waals surface area (Å²) >= 11 is 6.15. The zero-order chi connectivity index (χ0) is 19.5. The van der Waals surface area contributed by atoms with Crippen LogP contribution in [0.4, 0.5) is 0 Å². The lowest BCUT2D eigenvalue weighted by Crippen LogP contribution is -2.37. The fourth-order valence-corrected chi connectivity index (χ4v) is 3.73. The summed E-state index contributed by atoms with van der Waals surface area (Å²) in [5.74, 6) is 0.742. The highest BCUT2D eigenvalue weighted by molar-refractivity contribution is 6.31. The first-order chi connectivity index (χ1) is 13.6. The normalized spacial score (nSPS) is 14.2. The van der Waals surface area contributed by atoms with E-state index in [0.717, 1.165) is 40.1 Å². The molecule has 0 spiro atoms. The number of hydrogen-bond acceptors (Lipinski definition) is 2. The summed E-state index contributed by atoms with van der Waals surface area (Å²) in [7, 11) is 0. The second-order valence-corrected chi connectivity index (χ2v) is 7.43. The molecule has 1 aliphatic rings. The Hall–Kier alpha value is -2.72. The summed E-state index contributed by atoms with van der Waals surface area (Å²) in [6.45, 7) is 3.47. The van der Waals surface area contributed by atoms with Gasteiger partial charge in [-0.2, -0.15) is 0 Å². The number of aromatic amines is 1. The molecule has 1 aromatic heterocycles. The summed E-state index contributed by atoms with van der Waals surface area (Å²) < 4.78 is 5.66. The van der Waals surface area contributed by atoms with E-state index in [9.17, 15) is 4.79 Å². The molecule has 0 bridgehead atoms. The van der Waals surface area contributed by atoms with E-state index in [1.165, 1.54) is 11.1 Å². The fraction of sp³-hybridized carbons (Fsp3) is 0.261. The van der Waals surface area contributed by atoms with Gasteiger partial charge in [-0.25, -0.2) is 0 Å². The number of halogens is 1. The third-order valence-electron chi connectivity index (χ3n) is 5.25. The number of carbonyl (C=O) groups excluding carboxylic acids is 1. The number of ether oxygens (including phenoxy) is 1. The number of carbonyl (C=O) groups is 1. The van der Waals surface area contributed by atoms with Crippen LogP contribution in [0.5, 0.6) is 5.75 Å². The molecule has 0 saturated heterocycles. The smallest absolute Gasteiger partial charge is 0.260 e. The van der Waals surface area contributed by atoms with Crippen molar-refractivity contribution in [3.8, 4) is 5.75 Å². The molecule has 3 aromatic rings. The third kappa shape index (κ3) is 3.92. The molecule has 1 N–H and O–H groups in total. The molecule has 144 valence electrons. The molecule has 0 saturated carbocycles. The molecular formula is C23H23ClN2O2. The number of fused-ring (bicyclic) bond motifs is 1. The van der Waals surface area contributed by atoms with Gasteiger partial charge >= 0.3 is 0 Å². The van der Waals surface area contributed by atoms with Gasteiger partial charge in [-0.15, -0.1) is 0 Å². The topological polar surface area (TPSA) is 45.3 Å². The number of nitrogens with zero attached hydrogens (tertiary/aromatic N) is 1. The minimum atomic E-state index is 0.0110. The van der Waals surface area contributed by atoms with E-state index in [1.54, 1.807) is 0 Å². The Morgan fingerprint density at radius 1 is 1.21 bits per heavy atom. The first kappa shape index (κ1) is 18.6. The average Bonchev–Trinajstić information content (AvgIpc) is 3.15.